The van der Waals surface area contributed by atoms with E-state index >= 15 is 0 Å². The first-order chi connectivity index (χ1) is 14.4. The molecule has 0 radical (unpaired) electrons. The van der Waals surface area contributed by atoms with Crippen molar-refractivity contribution in [2.24, 2.45) is 0 Å². The van der Waals surface area contributed by atoms with Crippen LogP contribution in [0.2, 0.25) is 0 Å². The molecule has 3 rings (SSSR count). The van der Waals surface area contributed by atoms with Crippen LogP contribution in [-0.4, -0.2) is 61.5 Å². The number of carbonyl (C=O) groups is 2. The van der Waals surface area contributed by atoms with Crippen molar-refractivity contribution in [3.63, 3.8) is 0 Å². The van der Waals surface area contributed by atoms with Crippen molar-refractivity contribution in [3.05, 3.63) is 59.2 Å². The number of nitrogens with zero attached hydrogens (tertiary/aromatic N) is 2. The molecule has 2 amide bonds. The standard InChI is InChI=1S/C22H24F2N2O4/c1-15-6-7-18(19(14-15)29-2)30-13-8-20(27)25-9-11-26(12-10-25)22(28)21-16(23)4-3-5-17(21)24/h3-7,14H,8-13H2,1-2H3. The summed E-state index contributed by atoms with van der Waals surface area (Å²) in [6.07, 6.45) is 0.174. The van der Waals surface area contributed by atoms with Crippen molar-refractivity contribution in [1.29, 1.82) is 0 Å². The lowest BCUT2D eigenvalue weighted by Crippen LogP contribution is -2.51. The first-order valence-corrected chi connectivity index (χ1v) is 9.69. The van der Waals surface area contributed by atoms with Crippen LogP contribution in [-0.2, 0) is 4.79 Å². The second-order valence-electron chi connectivity index (χ2n) is 7.02. The summed E-state index contributed by atoms with van der Waals surface area (Å²) in [5, 5.41) is 0. The van der Waals surface area contributed by atoms with Crippen molar-refractivity contribution in [2.75, 3.05) is 39.9 Å². The van der Waals surface area contributed by atoms with Crippen LogP contribution in [0, 0.1) is 18.6 Å². The Hall–Kier alpha value is -3.16. The zero-order valence-electron chi connectivity index (χ0n) is 17.0. The van der Waals surface area contributed by atoms with Crippen LogP contribution < -0.4 is 9.47 Å². The molecule has 0 atom stereocenters. The van der Waals surface area contributed by atoms with Gasteiger partial charge < -0.3 is 19.3 Å². The quantitative estimate of drug-likeness (QED) is 0.724. The number of piperazine rings is 1. The van der Waals surface area contributed by atoms with Gasteiger partial charge in [0.1, 0.15) is 17.2 Å². The smallest absolute Gasteiger partial charge is 0.259 e. The molecule has 0 aliphatic carbocycles. The van der Waals surface area contributed by atoms with Gasteiger partial charge in [0, 0.05) is 26.2 Å². The molecule has 1 aliphatic heterocycles. The van der Waals surface area contributed by atoms with Crippen LogP contribution in [0.4, 0.5) is 8.78 Å². The molecule has 1 saturated heterocycles. The normalized spacial score (nSPS) is 13.9. The number of ether oxygens (including phenoxy) is 2. The van der Waals surface area contributed by atoms with Crippen molar-refractivity contribution in [2.45, 2.75) is 13.3 Å². The molecule has 1 aliphatic rings. The van der Waals surface area contributed by atoms with Crippen molar-refractivity contribution in [1.82, 2.24) is 9.80 Å². The van der Waals surface area contributed by atoms with Gasteiger partial charge >= 0.3 is 0 Å². The van der Waals surface area contributed by atoms with Crippen molar-refractivity contribution < 1.29 is 27.8 Å². The Kier molecular flexibility index (Phi) is 6.87. The minimum absolute atomic E-state index is 0.106. The number of benzene rings is 2. The summed E-state index contributed by atoms with van der Waals surface area (Å²) in [4.78, 5) is 27.9. The van der Waals surface area contributed by atoms with Crippen LogP contribution in [0.25, 0.3) is 0 Å². The lowest BCUT2D eigenvalue weighted by atomic mass is 10.1. The molecule has 0 bridgehead atoms. The van der Waals surface area contributed by atoms with E-state index in [1.807, 2.05) is 19.1 Å². The Morgan fingerprint density at radius 3 is 2.23 bits per heavy atom. The fraction of sp³-hybridized carbons (Fsp3) is 0.364. The van der Waals surface area contributed by atoms with Gasteiger partial charge in [0.15, 0.2) is 11.5 Å². The predicted octanol–water partition coefficient (Wildman–Crippen LogP) is 3.04. The Labute approximate surface area is 174 Å². The van der Waals surface area contributed by atoms with Crippen LogP contribution >= 0.6 is 0 Å². The van der Waals surface area contributed by atoms with Gasteiger partial charge in [-0.05, 0) is 36.8 Å². The molecular weight excluding hydrogens is 394 g/mol. The number of hydrogen-bond donors (Lipinski definition) is 0. The molecule has 8 heteroatoms. The highest BCUT2D eigenvalue weighted by Crippen LogP contribution is 2.27. The highest BCUT2D eigenvalue weighted by Gasteiger charge is 2.28. The summed E-state index contributed by atoms with van der Waals surface area (Å²) in [6.45, 7) is 3.16. The van der Waals surface area contributed by atoms with E-state index in [0.717, 1.165) is 17.7 Å². The number of amides is 2. The molecule has 0 N–H and O–H groups in total. The molecule has 2 aromatic carbocycles. The highest BCUT2D eigenvalue weighted by atomic mass is 19.1. The SMILES string of the molecule is COc1cc(C)ccc1OCCC(=O)N1CCN(C(=O)c2c(F)cccc2F)CC1. The van der Waals surface area contributed by atoms with E-state index in [4.69, 9.17) is 9.47 Å². The summed E-state index contributed by atoms with van der Waals surface area (Å²) in [5.74, 6) is -1.41. The highest BCUT2D eigenvalue weighted by molar-refractivity contribution is 5.95. The molecule has 6 nitrogen and oxygen atoms in total. The number of hydrogen-bond acceptors (Lipinski definition) is 4. The fourth-order valence-corrected chi connectivity index (χ4v) is 3.32. The molecule has 1 heterocycles. The van der Waals surface area contributed by atoms with E-state index < -0.39 is 23.1 Å². The van der Waals surface area contributed by atoms with E-state index in [-0.39, 0.29) is 32.0 Å². The number of halogens is 2. The van der Waals surface area contributed by atoms with Gasteiger partial charge in [0.05, 0.1) is 20.1 Å². The van der Waals surface area contributed by atoms with Crippen LogP contribution in [0.5, 0.6) is 11.5 Å². The van der Waals surface area contributed by atoms with Gasteiger partial charge in [0.25, 0.3) is 5.91 Å². The minimum Gasteiger partial charge on any atom is -0.493 e. The number of methoxy groups -OCH3 is 1. The van der Waals surface area contributed by atoms with Gasteiger partial charge in [-0.2, -0.15) is 0 Å². The lowest BCUT2D eigenvalue weighted by Gasteiger charge is -2.35. The molecule has 1 fully saturated rings. The Morgan fingerprint density at radius 1 is 0.967 bits per heavy atom. The van der Waals surface area contributed by atoms with E-state index in [1.165, 1.54) is 11.0 Å². The van der Waals surface area contributed by atoms with Gasteiger partial charge in [-0.3, -0.25) is 9.59 Å². The van der Waals surface area contributed by atoms with Crippen molar-refractivity contribution >= 4 is 11.8 Å². The van der Waals surface area contributed by atoms with Crippen LogP contribution in [0.3, 0.4) is 0 Å². The van der Waals surface area contributed by atoms with Gasteiger partial charge in [-0.1, -0.05) is 12.1 Å². The van der Waals surface area contributed by atoms with Crippen molar-refractivity contribution in [3.8, 4) is 11.5 Å². The fourth-order valence-electron chi connectivity index (χ4n) is 3.32. The zero-order chi connectivity index (χ0) is 21.7. The third-order valence-corrected chi connectivity index (χ3v) is 4.99. The topological polar surface area (TPSA) is 59.1 Å². The molecule has 2 aromatic rings. The first kappa shape index (κ1) is 21.5. The van der Waals surface area contributed by atoms with Crippen LogP contribution in [0.1, 0.15) is 22.3 Å². The minimum atomic E-state index is -0.887. The average molecular weight is 418 g/mol. The summed E-state index contributed by atoms with van der Waals surface area (Å²) in [6, 6.07) is 8.87. The van der Waals surface area contributed by atoms with E-state index in [1.54, 1.807) is 18.1 Å². The maximum Gasteiger partial charge on any atom is 0.259 e. The molecule has 0 aromatic heterocycles. The Balaban J connectivity index is 1.49. The number of rotatable bonds is 6. The third-order valence-electron chi connectivity index (χ3n) is 4.99. The first-order valence-electron chi connectivity index (χ1n) is 9.69. The molecule has 30 heavy (non-hydrogen) atoms. The largest absolute Gasteiger partial charge is 0.493 e. The van der Waals surface area contributed by atoms with E-state index in [2.05, 4.69) is 0 Å². The monoisotopic (exact) mass is 418 g/mol. The van der Waals surface area contributed by atoms with Gasteiger partial charge in [-0.15, -0.1) is 0 Å². The van der Waals surface area contributed by atoms with Gasteiger partial charge in [-0.25, -0.2) is 8.78 Å². The molecule has 160 valence electrons. The molecule has 0 unspecified atom stereocenters. The Morgan fingerprint density at radius 2 is 1.60 bits per heavy atom. The maximum absolute atomic E-state index is 13.8. The van der Waals surface area contributed by atoms with E-state index in [0.29, 0.717) is 24.6 Å². The number of aryl methyl sites for hydroxylation is 1. The lowest BCUT2D eigenvalue weighted by molar-refractivity contribution is -0.133. The molecule has 0 spiro atoms. The molecule has 0 saturated carbocycles. The average Bonchev–Trinajstić information content (AvgIpc) is 2.74. The maximum atomic E-state index is 13.8. The van der Waals surface area contributed by atoms with Gasteiger partial charge in [0.2, 0.25) is 5.91 Å². The number of carbonyl (C=O) groups excluding carboxylic acids is 2. The summed E-state index contributed by atoms with van der Waals surface area (Å²) < 4.78 is 38.6. The second-order valence-corrected chi connectivity index (χ2v) is 7.02. The third kappa shape index (κ3) is 4.87. The van der Waals surface area contributed by atoms with Crippen LogP contribution in [0.15, 0.2) is 36.4 Å². The van der Waals surface area contributed by atoms with E-state index in [9.17, 15) is 18.4 Å². The summed E-state index contributed by atoms with van der Waals surface area (Å²) >= 11 is 0. The summed E-state index contributed by atoms with van der Waals surface area (Å²) in [7, 11) is 1.56. The molecular formula is C22H24F2N2O4. The Bertz CT molecular complexity index is 907. The second kappa shape index (κ2) is 9.56. The zero-order valence-corrected chi connectivity index (χ0v) is 17.0. The predicted molar refractivity (Wildman–Crippen MR) is 107 cm³/mol. The summed E-state index contributed by atoms with van der Waals surface area (Å²) in [5.41, 5.74) is 0.482.